The summed E-state index contributed by atoms with van der Waals surface area (Å²) in [6.07, 6.45) is 1.74. The second-order valence-corrected chi connectivity index (χ2v) is 6.26. The number of hydrogen-bond acceptors (Lipinski definition) is 3. The number of nitrogens with zero attached hydrogens (tertiary/aromatic N) is 1. The van der Waals surface area contributed by atoms with Crippen molar-refractivity contribution in [3.63, 3.8) is 0 Å². The van der Waals surface area contributed by atoms with Crippen LogP contribution in [0.25, 0.3) is 0 Å². The number of nitrogens with one attached hydrogen (secondary N) is 1. The van der Waals surface area contributed by atoms with Gasteiger partial charge in [-0.25, -0.2) is 0 Å². The van der Waals surface area contributed by atoms with Gasteiger partial charge in [-0.05, 0) is 42.9 Å². The Morgan fingerprint density at radius 1 is 1.29 bits per heavy atom. The Morgan fingerprint density at radius 2 is 1.95 bits per heavy atom. The van der Waals surface area contributed by atoms with Crippen LogP contribution in [0.15, 0.2) is 46.6 Å². The topological polar surface area (TPSA) is 61.7 Å². The van der Waals surface area contributed by atoms with E-state index in [9.17, 15) is 4.79 Å². The van der Waals surface area contributed by atoms with Crippen molar-refractivity contribution in [3.8, 4) is 0 Å². The van der Waals surface area contributed by atoms with Crippen molar-refractivity contribution < 1.29 is 9.90 Å². The Hall–Kier alpha value is -2.10. The van der Waals surface area contributed by atoms with E-state index in [4.69, 9.17) is 10.1 Å². The van der Waals surface area contributed by atoms with E-state index in [1.807, 2.05) is 37.3 Å². The van der Waals surface area contributed by atoms with Gasteiger partial charge in [-0.1, -0.05) is 32.0 Å². The highest BCUT2D eigenvalue weighted by atomic mass is 16.4. The molecule has 0 atom stereocenters. The highest BCUT2D eigenvalue weighted by molar-refractivity contribution is 6.03. The van der Waals surface area contributed by atoms with E-state index in [0.29, 0.717) is 0 Å². The van der Waals surface area contributed by atoms with Crippen molar-refractivity contribution in [3.05, 3.63) is 41.6 Å². The predicted octanol–water partition coefficient (Wildman–Crippen LogP) is 3.53. The Bertz CT molecular complexity index is 586. The third-order valence-electron chi connectivity index (χ3n) is 3.66. The molecule has 112 valence electrons. The summed E-state index contributed by atoms with van der Waals surface area (Å²) in [5.74, 6) is -0.847. The van der Waals surface area contributed by atoms with Crippen molar-refractivity contribution in [1.29, 1.82) is 0 Å². The number of allylic oxidation sites excluding steroid dienone is 2. The molecule has 0 aromatic heterocycles. The van der Waals surface area contributed by atoms with Gasteiger partial charge in [0.2, 0.25) is 0 Å². The highest BCUT2D eigenvalue weighted by Gasteiger charge is 2.29. The fraction of sp³-hybridized carbons (Fsp3) is 0.412. The number of carbonyl (C=O) groups is 1. The molecule has 1 aromatic rings. The van der Waals surface area contributed by atoms with Crippen LogP contribution in [0.2, 0.25) is 0 Å². The average molecular weight is 286 g/mol. The van der Waals surface area contributed by atoms with E-state index in [1.165, 1.54) is 0 Å². The maximum Gasteiger partial charge on any atom is 0.322 e. The number of para-hydroxylation sites is 1. The van der Waals surface area contributed by atoms with Gasteiger partial charge in [0.1, 0.15) is 6.54 Å². The van der Waals surface area contributed by atoms with Crippen molar-refractivity contribution in [2.45, 2.75) is 33.6 Å². The van der Waals surface area contributed by atoms with E-state index < -0.39 is 5.97 Å². The SMILES string of the molecule is CC1=C(NCC(=O)O)CC(C)(C)CC1=Nc1ccccc1. The molecule has 0 fully saturated rings. The van der Waals surface area contributed by atoms with Gasteiger partial charge < -0.3 is 10.4 Å². The van der Waals surface area contributed by atoms with Gasteiger partial charge >= 0.3 is 5.97 Å². The fourth-order valence-electron chi connectivity index (χ4n) is 2.59. The molecule has 0 spiro atoms. The molecule has 0 saturated heterocycles. The van der Waals surface area contributed by atoms with Crippen molar-refractivity contribution in [1.82, 2.24) is 5.32 Å². The normalized spacial score (nSPS) is 19.7. The first-order valence-electron chi connectivity index (χ1n) is 7.16. The van der Waals surface area contributed by atoms with E-state index >= 15 is 0 Å². The average Bonchev–Trinajstić information content (AvgIpc) is 2.41. The molecule has 0 aliphatic heterocycles. The van der Waals surface area contributed by atoms with E-state index in [-0.39, 0.29) is 12.0 Å². The van der Waals surface area contributed by atoms with Gasteiger partial charge in [-0.3, -0.25) is 9.79 Å². The lowest BCUT2D eigenvalue weighted by atomic mass is 9.75. The standard InChI is InChI=1S/C17H22N2O2/c1-12-14(18-11-16(20)21)9-17(2,3)10-15(12)19-13-7-5-4-6-8-13/h4-8,18H,9-11H2,1-3H3,(H,20,21). The maximum absolute atomic E-state index is 10.8. The second-order valence-electron chi connectivity index (χ2n) is 6.26. The molecular formula is C17H22N2O2. The Balaban J connectivity index is 2.32. The predicted molar refractivity (Wildman–Crippen MR) is 84.9 cm³/mol. The number of hydrogen-bond donors (Lipinski definition) is 2. The van der Waals surface area contributed by atoms with Gasteiger partial charge in [-0.2, -0.15) is 0 Å². The summed E-state index contributed by atoms with van der Waals surface area (Å²) in [5.41, 5.74) is 4.10. The molecular weight excluding hydrogens is 264 g/mol. The summed E-state index contributed by atoms with van der Waals surface area (Å²) in [4.78, 5) is 15.5. The van der Waals surface area contributed by atoms with Crippen LogP contribution in [0.5, 0.6) is 0 Å². The fourth-order valence-corrected chi connectivity index (χ4v) is 2.59. The van der Waals surface area contributed by atoms with E-state index in [0.717, 1.165) is 35.5 Å². The molecule has 21 heavy (non-hydrogen) atoms. The lowest BCUT2D eigenvalue weighted by Crippen LogP contribution is -2.33. The molecule has 4 nitrogen and oxygen atoms in total. The number of benzene rings is 1. The molecule has 2 N–H and O–H groups in total. The minimum Gasteiger partial charge on any atom is -0.480 e. The highest BCUT2D eigenvalue weighted by Crippen LogP contribution is 2.37. The number of carboxylic acid groups (broad SMARTS) is 1. The molecule has 0 bridgehead atoms. The molecule has 0 radical (unpaired) electrons. The second kappa shape index (κ2) is 6.12. The largest absolute Gasteiger partial charge is 0.480 e. The Labute approximate surface area is 125 Å². The van der Waals surface area contributed by atoms with Gasteiger partial charge in [0.25, 0.3) is 0 Å². The van der Waals surface area contributed by atoms with Crippen LogP contribution >= 0.6 is 0 Å². The summed E-state index contributed by atoms with van der Waals surface area (Å²) in [6, 6.07) is 9.86. The molecule has 0 unspecified atom stereocenters. The number of rotatable bonds is 4. The molecule has 0 saturated carbocycles. The first-order valence-corrected chi connectivity index (χ1v) is 7.16. The zero-order valence-electron chi connectivity index (χ0n) is 12.8. The lowest BCUT2D eigenvalue weighted by molar-refractivity contribution is -0.135. The number of aliphatic imine (C=N–C) groups is 1. The molecule has 2 rings (SSSR count). The molecule has 1 aromatic carbocycles. The third-order valence-corrected chi connectivity index (χ3v) is 3.66. The maximum atomic E-state index is 10.8. The van der Waals surface area contributed by atoms with Crippen LogP contribution in [0, 0.1) is 5.41 Å². The minimum atomic E-state index is -0.847. The molecule has 4 heteroatoms. The zero-order valence-corrected chi connectivity index (χ0v) is 12.8. The third kappa shape index (κ3) is 4.18. The first-order chi connectivity index (χ1) is 9.87. The summed E-state index contributed by atoms with van der Waals surface area (Å²) in [7, 11) is 0. The number of carboxylic acids is 1. The van der Waals surface area contributed by atoms with Crippen LogP contribution in [-0.2, 0) is 4.79 Å². The van der Waals surface area contributed by atoms with Crippen LogP contribution < -0.4 is 5.32 Å². The van der Waals surface area contributed by atoms with Gasteiger partial charge in [0.05, 0.1) is 5.69 Å². The smallest absolute Gasteiger partial charge is 0.322 e. The summed E-state index contributed by atoms with van der Waals surface area (Å²) in [5, 5.41) is 11.9. The summed E-state index contributed by atoms with van der Waals surface area (Å²) < 4.78 is 0. The van der Waals surface area contributed by atoms with Gasteiger partial charge in [-0.15, -0.1) is 0 Å². The van der Waals surface area contributed by atoms with Crippen molar-refractivity contribution in [2.24, 2.45) is 10.4 Å². The van der Waals surface area contributed by atoms with E-state index in [2.05, 4.69) is 19.2 Å². The monoisotopic (exact) mass is 286 g/mol. The van der Waals surface area contributed by atoms with Crippen molar-refractivity contribution >= 4 is 17.4 Å². The van der Waals surface area contributed by atoms with Gasteiger partial charge in [0.15, 0.2) is 0 Å². The number of aliphatic carboxylic acids is 1. The van der Waals surface area contributed by atoms with Gasteiger partial charge in [0, 0.05) is 11.4 Å². The van der Waals surface area contributed by atoms with Crippen LogP contribution in [0.4, 0.5) is 5.69 Å². The minimum absolute atomic E-state index is 0.0542. The zero-order chi connectivity index (χ0) is 15.5. The molecule has 1 aliphatic rings. The quantitative estimate of drug-likeness (QED) is 0.890. The summed E-state index contributed by atoms with van der Waals surface area (Å²) >= 11 is 0. The lowest BCUT2D eigenvalue weighted by Gasteiger charge is -2.33. The first kappa shape index (κ1) is 15.3. The van der Waals surface area contributed by atoms with Crippen LogP contribution in [-0.4, -0.2) is 23.3 Å². The summed E-state index contributed by atoms with van der Waals surface area (Å²) in [6.45, 7) is 6.33. The Kier molecular flexibility index (Phi) is 4.46. The molecule has 1 aliphatic carbocycles. The van der Waals surface area contributed by atoms with Crippen LogP contribution in [0.1, 0.15) is 33.6 Å². The molecule has 0 heterocycles. The van der Waals surface area contributed by atoms with E-state index in [1.54, 1.807) is 0 Å². The Morgan fingerprint density at radius 3 is 2.57 bits per heavy atom. The van der Waals surface area contributed by atoms with Crippen LogP contribution in [0.3, 0.4) is 0 Å². The van der Waals surface area contributed by atoms with Crippen molar-refractivity contribution in [2.75, 3.05) is 6.54 Å². The molecule has 0 amide bonds.